The number of likely N-dealkylation sites (N-methyl/N-ethyl adjacent to an activating group) is 1. The lowest BCUT2D eigenvalue weighted by Gasteiger charge is -2.22. The van der Waals surface area contributed by atoms with Crippen LogP contribution in [-0.2, 0) is 6.42 Å². The number of hydrogen-bond acceptors (Lipinski definition) is 3. The third-order valence-corrected chi connectivity index (χ3v) is 4.32. The molecule has 2 unspecified atom stereocenters. The van der Waals surface area contributed by atoms with E-state index in [0.29, 0.717) is 12.0 Å². The van der Waals surface area contributed by atoms with Crippen LogP contribution >= 0.6 is 11.3 Å². The summed E-state index contributed by atoms with van der Waals surface area (Å²) in [5.41, 5.74) is 4.10. The normalized spacial score (nSPS) is 20.2. The molecule has 0 fully saturated rings. The summed E-state index contributed by atoms with van der Waals surface area (Å²) in [5, 5.41) is 7.84. The third kappa shape index (κ3) is 1.90. The maximum absolute atomic E-state index is 4.58. The molecule has 2 aromatic rings. The fourth-order valence-electron chi connectivity index (χ4n) is 2.82. The Kier molecular flexibility index (Phi) is 2.95. The van der Waals surface area contributed by atoms with E-state index in [2.05, 4.69) is 33.2 Å². The van der Waals surface area contributed by atoms with Crippen molar-refractivity contribution in [2.24, 2.45) is 0 Å². The van der Waals surface area contributed by atoms with Gasteiger partial charge in [-0.05, 0) is 53.9 Å². The number of nitrogens with one attached hydrogen (secondary N) is 1. The first kappa shape index (κ1) is 10.9. The number of pyridine rings is 1. The van der Waals surface area contributed by atoms with Crippen molar-refractivity contribution in [1.82, 2.24) is 10.3 Å². The molecule has 3 heteroatoms. The molecule has 17 heavy (non-hydrogen) atoms. The lowest BCUT2D eigenvalue weighted by Crippen LogP contribution is -2.22. The van der Waals surface area contributed by atoms with Crippen LogP contribution in [0.5, 0.6) is 0 Å². The summed E-state index contributed by atoms with van der Waals surface area (Å²) in [6.07, 6.45) is 4.28. The highest BCUT2D eigenvalue weighted by atomic mass is 32.1. The molecule has 0 saturated heterocycles. The number of rotatable bonds is 3. The molecule has 2 nitrogen and oxygen atoms in total. The minimum absolute atomic E-state index is 0.400. The third-order valence-electron chi connectivity index (χ3n) is 3.62. The average Bonchev–Trinajstić information content (AvgIpc) is 3.01. The first-order valence-electron chi connectivity index (χ1n) is 6.03. The Bertz CT molecular complexity index is 493. The summed E-state index contributed by atoms with van der Waals surface area (Å²) < 4.78 is 0. The molecular formula is C14H16N2S. The second kappa shape index (κ2) is 4.59. The van der Waals surface area contributed by atoms with Crippen LogP contribution in [0.4, 0.5) is 0 Å². The SMILES string of the molecule is CNC(c1ccsc1)C1CCc2cccnc21. The molecule has 0 amide bonds. The monoisotopic (exact) mass is 244 g/mol. The second-order valence-electron chi connectivity index (χ2n) is 4.52. The van der Waals surface area contributed by atoms with Crippen LogP contribution in [0.25, 0.3) is 0 Å². The van der Waals surface area contributed by atoms with Crippen LogP contribution in [0.15, 0.2) is 35.2 Å². The minimum atomic E-state index is 0.400. The topological polar surface area (TPSA) is 24.9 Å². The van der Waals surface area contributed by atoms with Gasteiger partial charge in [0.1, 0.15) is 0 Å². The first-order valence-corrected chi connectivity index (χ1v) is 6.97. The van der Waals surface area contributed by atoms with Gasteiger partial charge in [-0.1, -0.05) is 6.07 Å². The van der Waals surface area contributed by atoms with Crippen LogP contribution in [0.3, 0.4) is 0 Å². The summed E-state index contributed by atoms with van der Waals surface area (Å²) in [6.45, 7) is 0. The van der Waals surface area contributed by atoms with Crippen LogP contribution in [0, 0.1) is 0 Å². The molecule has 2 heterocycles. The van der Waals surface area contributed by atoms with E-state index in [-0.39, 0.29) is 0 Å². The van der Waals surface area contributed by atoms with E-state index in [0.717, 1.165) is 6.42 Å². The predicted octanol–water partition coefficient (Wildman–Crippen LogP) is 3.13. The van der Waals surface area contributed by atoms with E-state index < -0.39 is 0 Å². The Hall–Kier alpha value is -1.19. The summed E-state index contributed by atoms with van der Waals surface area (Å²) in [7, 11) is 2.04. The highest BCUT2D eigenvalue weighted by Gasteiger charge is 2.31. The van der Waals surface area contributed by atoms with Crippen LogP contribution in [0.1, 0.15) is 35.2 Å². The van der Waals surface area contributed by atoms with Crippen molar-refractivity contribution in [3.8, 4) is 0 Å². The van der Waals surface area contributed by atoms with Gasteiger partial charge in [0, 0.05) is 23.9 Å². The van der Waals surface area contributed by atoms with Gasteiger partial charge in [0.25, 0.3) is 0 Å². The van der Waals surface area contributed by atoms with Crippen molar-refractivity contribution in [2.45, 2.75) is 24.8 Å². The maximum atomic E-state index is 4.58. The van der Waals surface area contributed by atoms with Gasteiger partial charge in [-0.3, -0.25) is 4.98 Å². The fourth-order valence-corrected chi connectivity index (χ4v) is 3.52. The zero-order valence-electron chi connectivity index (χ0n) is 9.89. The average molecular weight is 244 g/mol. The molecule has 0 bridgehead atoms. The smallest absolute Gasteiger partial charge is 0.0485 e. The summed E-state index contributed by atoms with van der Waals surface area (Å²) in [6, 6.07) is 6.87. The van der Waals surface area contributed by atoms with E-state index >= 15 is 0 Å². The molecule has 2 atom stereocenters. The number of fused-ring (bicyclic) bond motifs is 1. The quantitative estimate of drug-likeness (QED) is 0.897. The maximum Gasteiger partial charge on any atom is 0.0485 e. The van der Waals surface area contributed by atoms with Crippen molar-refractivity contribution in [1.29, 1.82) is 0 Å². The molecular weight excluding hydrogens is 228 g/mol. The van der Waals surface area contributed by atoms with Crippen molar-refractivity contribution >= 4 is 11.3 Å². The van der Waals surface area contributed by atoms with Gasteiger partial charge in [-0.15, -0.1) is 0 Å². The largest absolute Gasteiger partial charge is 0.312 e. The number of thiophene rings is 1. The van der Waals surface area contributed by atoms with Gasteiger partial charge in [0.2, 0.25) is 0 Å². The molecule has 0 aromatic carbocycles. The van der Waals surface area contributed by atoms with Gasteiger partial charge in [-0.25, -0.2) is 0 Å². The zero-order chi connectivity index (χ0) is 11.7. The Labute approximate surface area is 106 Å². The Morgan fingerprint density at radius 2 is 2.41 bits per heavy atom. The Morgan fingerprint density at radius 1 is 1.47 bits per heavy atom. The molecule has 0 saturated carbocycles. The lowest BCUT2D eigenvalue weighted by atomic mass is 9.92. The molecule has 0 spiro atoms. The van der Waals surface area contributed by atoms with Crippen molar-refractivity contribution < 1.29 is 0 Å². The summed E-state index contributed by atoms with van der Waals surface area (Å²) >= 11 is 1.76. The van der Waals surface area contributed by atoms with E-state index in [4.69, 9.17) is 0 Å². The van der Waals surface area contributed by atoms with Crippen molar-refractivity contribution in [3.05, 3.63) is 52.0 Å². The van der Waals surface area contributed by atoms with Gasteiger partial charge in [0.15, 0.2) is 0 Å². The molecule has 2 aromatic heterocycles. The fraction of sp³-hybridized carbons (Fsp3) is 0.357. The predicted molar refractivity (Wildman–Crippen MR) is 71.4 cm³/mol. The van der Waals surface area contributed by atoms with Gasteiger partial charge in [-0.2, -0.15) is 11.3 Å². The summed E-state index contributed by atoms with van der Waals surface area (Å²) in [4.78, 5) is 4.58. The molecule has 88 valence electrons. The van der Waals surface area contributed by atoms with Crippen molar-refractivity contribution in [2.75, 3.05) is 7.05 Å². The van der Waals surface area contributed by atoms with Gasteiger partial charge < -0.3 is 5.32 Å². The number of aryl methyl sites for hydroxylation is 1. The second-order valence-corrected chi connectivity index (χ2v) is 5.30. The molecule has 1 aliphatic carbocycles. The molecule has 0 aliphatic heterocycles. The molecule has 1 N–H and O–H groups in total. The highest BCUT2D eigenvalue weighted by Crippen LogP contribution is 2.40. The number of hydrogen-bond donors (Lipinski definition) is 1. The number of aromatic nitrogens is 1. The standard InChI is InChI=1S/C14H16N2S/c1-15-13(11-6-8-17-9-11)12-5-4-10-3-2-7-16-14(10)12/h2-3,6-9,12-13,15H,4-5H2,1H3. The van der Waals surface area contributed by atoms with E-state index in [1.54, 1.807) is 11.3 Å². The minimum Gasteiger partial charge on any atom is -0.312 e. The first-order chi connectivity index (χ1) is 8.40. The zero-order valence-corrected chi connectivity index (χ0v) is 10.7. The van der Waals surface area contributed by atoms with Crippen molar-refractivity contribution in [3.63, 3.8) is 0 Å². The number of nitrogens with zero attached hydrogens (tertiary/aromatic N) is 1. The highest BCUT2D eigenvalue weighted by molar-refractivity contribution is 7.07. The van der Waals surface area contributed by atoms with E-state index in [1.165, 1.54) is 23.2 Å². The van der Waals surface area contributed by atoms with Gasteiger partial charge in [0.05, 0.1) is 0 Å². The van der Waals surface area contributed by atoms with E-state index in [9.17, 15) is 0 Å². The molecule has 1 aliphatic rings. The molecule has 0 radical (unpaired) electrons. The lowest BCUT2D eigenvalue weighted by molar-refractivity contribution is 0.471. The van der Waals surface area contributed by atoms with Crippen LogP contribution in [0.2, 0.25) is 0 Å². The van der Waals surface area contributed by atoms with Gasteiger partial charge >= 0.3 is 0 Å². The van der Waals surface area contributed by atoms with Crippen LogP contribution in [-0.4, -0.2) is 12.0 Å². The van der Waals surface area contributed by atoms with Crippen LogP contribution < -0.4 is 5.32 Å². The Morgan fingerprint density at radius 3 is 3.18 bits per heavy atom. The molecule has 3 rings (SSSR count). The summed E-state index contributed by atoms with van der Waals surface area (Å²) in [5.74, 6) is 0.519. The Balaban J connectivity index is 1.95. The van der Waals surface area contributed by atoms with E-state index in [1.807, 2.05) is 19.3 Å².